The van der Waals surface area contributed by atoms with Crippen molar-refractivity contribution in [3.05, 3.63) is 83.2 Å². The summed E-state index contributed by atoms with van der Waals surface area (Å²) in [7, 11) is 0. The van der Waals surface area contributed by atoms with E-state index in [1.807, 2.05) is 24.3 Å². The van der Waals surface area contributed by atoms with Gasteiger partial charge in [0.05, 0.1) is 5.56 Å². The van der Waals surface area contributed by atoms with Crippen molar-refractivity contribution in [3.8, 4) is 22.3 Å². The molecule has 1 aliphatic rings. The Balaban J connectivity index is 1.45. The smallest absolute Gasteiger partial charge is 0.134 e. The summed E-state index contributed by atoms with van der Waals surface area (Å²) >= 11 is 0. The molecule has 1 saturated carbocycles. The highest BCUT2D eigenvalue weighted by Gasteiger charge is 2.27. The quantitative estimate of drug-likeness (QED) is 0.247. The maximum atomic E-state index is 15.2. The molecule has 38 heavy (non-hydrogen) atoms. The summed E-state index contributed by atoms with van der Waals surface area (Å²) in [5.74, 6) is -0.798. The van der Waals surface area contributed by atoms with Gasteiger partial charge in [-0.15, -0.1) is 0 Å². The second-order valence-electron chi connectivity index (χ2n) is 10.8. The molecular formula is C33H39F3O2. The Hall–Kier alpha value is -2.63. The molecule has 0 radical (unpaired) electrons. The summed E-state index contributed by atoms with van der Waals surface area (Å²) in [6.07, 6.45) is 8.32. The van der Waals surface area contributed by atoms with Crippen molar-refractivity contribution in [3.63, 3.8) is 0 Å². The Labute approximate surface area is 224 Å². The first-order valence-electron chi connectivity index (χ1n) is 14.0. The standard InChI is InChI=1S/C33H39F3O2/c1-2-3-4-5-22-18-31(35)33(32(36)19-22)27-14-15-29(30(34)20-27)26-12-10-24(11-13-26)23-6-8-25(9-7-23)28(21-38)16-17-37/h10-15,18-20,23,25,28,37-38H,2-9,16-17,21H2,1H3. The van der Waals surface area contributed by atoms with Crippen molar-refractivity contribution in [2.45, 2.75) is 70.6 Å². The zero-order valence-corrected chi connectivity index (χ0v) is 22.2. The van der Waals surface area contributed by atoms with Crippen LogP contribution in [-0.4, -0.2) is 23.4 Å². The molecule has 1 atom stereocenters. The van der Waals surface area contributed by atoms with Crippen LogP contribution in [-0.2, 0) is 6.42 Å². The maximum Gasteiger partial charge on any atom is 0.134 e. The minimum absolute atomic E-state index is 0.111. The number of rotatable bonds is 11. The van der Waals surface area contributed by atoms with Crippen LogP contribution in [0.3, 0.4) is 0 Å². The molecule has 0 heterocycles. The second kappa shape index (κ2) is 13.4. The molecule has 4 rings (SSSR count). The van der Waals surface area contributed by atoms with E-state index in [0.29, 0.717) is 35.8 Å². The van der Waals surface area contributed by atoms with Gasteiger partial charge in [-0.2, -0.15) is 0 Å². The lowest BCUT2D eigenvalue weighted by Crippen LogP contribution is -2.24. The minimum Gasteiger partial charge on any atom is -0.396 e. The van der Waals surface area contributed by atoms with E-state index in [0.717, 1.165) is 50.5 Å². The highest BCUT2D eigenvalue weighted by Crippen LogP contribution is 2.40. The van der Waals surface area contributed by atoms with Crippen LogP contribution in [0, 0.1) is 29.3 Å². The molecule has 2 nitrogen and oxygen atoms in total. The van der Waals surface area contributed by atoms with Crippen LogP contribution in [0.4, 0.5) is 13.2 Å². The molecule has 1 aliphatic carbocycles. The van der Waals surface area contributed by atoms with Gasteiger partial charge in [0.2, 0.25) is 0 Å². The molecule has 0 aliphatic heterocycles. The van der Waals surface area contributed by atoms with Crippen LogP contribution >= 0.6 is 0 Å². The fourth-order valence-electron chi connectivity index (χ4n) is 6.03. The van der Waals surface area contributed by atoms with Gasteiger partial charge in [-0.3, -0.25) is 0 Å². The Morgan fingerprint density at radius 2 is 1.45 bits per heavy atom. The zero-order chi connectivity index (χ0) is 27.1. The molecule has 0 saturated heterocycles. The van der Waals surface area contributed by atoms with Crippen LogP contribution in [0.2, 0.25) is 0 Å². The molecule has 0 amide bonds. The Bertz CT molecular complexity index is 1160. The molecular weight excluding hydrogens is 485 g/mol. The summed E-state index contributed by atoms with van der Waals surface area (Å²) in [5.41, 5.74) is 2.97. The fraction of sp³-hybridized carbons (Fsp3) is 0.455. The van der Waals surface area contributed by atoms with E-state index in [9.17, 15) is 19.0 Å². The van der Waals surface area contributed by atoms with Gasteiger partial charge in [0.25, 0.3) is 0 Å². The first kappa shape index (κ1) is 28.4. The van der Waals surface area contributed by atoms with Gasteiger partial charge >= 0.3 is 0 Å². The van der Waals surface area contributed by atoms with E-state index < -0.39 is 17.5 Å². The Kier molecular flexibility index (Phi) is 10.0. The lowest BCUT2D eigenvalue weighted by molar-refractivity contribution is 0.114. The second-order valence-corrected chi connectivity index (χ2v) is 10.8. The van der Waals surface area contributed by atoms with Gasteiger partial charge in [-0.25, -0.2) is 13.2 Å². The van der Waals surface area contributed by atoms with Gasteiger partial charge in [0.15, 0.2) is 0 Å². The molecule has 1 unspecified atom stereocenters. The number of aryl methyl sites for hydroxylation is 1. The van der Waals surface area contributed by atoms with Crippen molar-refractivity contribution in [1.29, 1.82) is 0 Å². The SMILES string of the molecule is CCCCCc1cc(F)c(-c2ccc(-c3ccc(C4CCC(C(CO)CCO)CC4)cc3)c(F)c2)c(F)c1. The lowest BCUT2D eigenvalue weighted by atomic mass is 9.73. The minimum atomic E-state index is -0.663. The number of unbranched alkanes of at least 4 members (excludes halogenated alkanes) is 2. The third kappa shape index (κ3) is 6.68. The molecule has 2 N–H and O–H groups in total. The summed E-state index contributed by atoms with van der Waals surface area (Å²) in [6.45, 7) is 2.32. The van der Waals surface area contributed by atoms with E-state index in [2.05, 4.69) is 6.92 Å². The third-order valence-electron chi connectivity index (χ3n) is 8.29. The normalized spacial score (nSPS) is 18.5. The van der Waals surface area contributed by atoms with Crippen molar-refractivity contribution in [2.24, 2.45) is 11.8 Å². The van der Waals surface area contributed by atoms with Crippen LogP contribution in [0.25, 0.3) is 22.3 Å². The van der Waals surface area contributed by atoms with Crippen LogP contribution in [0.5, 0.6) is 0 Å². The molecule has 0 aromatic heterocycles. The number of hydrogen-bond acceptors (Lipinski definition) is 2. The average molecular weight is 525 g/mol. The van der Waals surface area contributed by atoms with Gasteiger partial charge in [0, 0.05) is 18.8 Å². The van der Waals surface area contributed by atoms with E-state index in [-0.39, 0.29) is 30.3 Å². The lowest BCUT2D eigenvalue weighted by Gasteiger charge is -2.33. The highest BCUT2D eigenvalue weighted by molar-refractivity contribution is 5.72. The first-order valence-corrected chi connectivity index (χ1v) is 14.0. The van der Waals surface area contributed by atoms with Crippen LogP contribution in [0.1, 0.15) is 75.3 Å². The molecule has 1 fully saturated rings. The number of aliphatic hydroxyl groups excluding tert-OH is 2. The molecule has 3 aromatic carbocycles. The molecule has 0 bridgehead atoms. The zero-order valence-electron chi connectivity index (χ0n) is 22.2. The number of aliphatic hydroxyl groups is 2. The number of benzene rings is 3. The van der Waals surface area contributed by atoms with E-state index in [4.69, 9.17) is 0 Å². The van der Waals surface area contributed by atoms with Gasteiger partial charge in [0.1, 0.15) is 17.5 Å². The van der Waals surface area contributed by atoms with E-state index in [1.165, 1.54) is 23.8 Å². The predicted octanol–water partition coefficient (Wildman–Crippen LogP) is 8.44. The molecule has 5 heteroatoms. The maximum absolute atomic E-state index is 15.2. The monoisotopic (exact) mass is 524 g/mol. The van der Waals surface area contributed by atoms with Gasteiger partial charge in [-0.1, -0.05) is 56.2 Å². The third-order valence-corrected chi connectivity index (χ3v) is 8.29. The van der Waals surface area contributed by atoms with Crippen molar-refractivity contribution in [2.75, 3.05) is 13.2 Å². The van der Waals surface area contributed by atoms with Crippen molar-refractivity contribution < 1.29 is 23.4 Å². The molecule has 0 spiro atoms. The number of hydrogen-bond donors (Lipinski definition) is 2. The summed E-state index contributed by atoms with van der Waals surface area (Å²) in [4.78, 5) is 0. The average Bonchev–Trinajstić information content (AvgIpc) is 2.92. The fourth-order valence-corrected chi connectivity index (χ4v) is 6.03. The van der Waals surface area contributed by atoms with Crippen molar-refractivity contribution in [1.82, 2.24) is 0 Å². The predicted molar refractivity (Wildman–Crippen MR) is 147 cm³/mol. The summed E-state index contributed by atoms with van der Waals surface area (Å²) in [6, 6.07) is 15.0. The number of halogens is 3. The van der Waals surface area contributed by atoms with E-state index >= 15 is 4.39 Å². The molecule has 204 valence electrons. The largest absolute Gasteiger partial charge is 0.396 e. The summed E-state index contributed by atoms with van der Waals surface area (Å²) < 4.78 is 44.8. The van der Waals surface area contributed by atoms with Gasteiger partial charge < -0.3 is 10.2 Å². The summed E-state index contributed by atoms with van der Waals surface area (Å²) in [5, 5.41) is 18.9. The highest BCUT2D eigenvalue weighted by atomic mass is 19.1. The van der Waals surface area contributed by atoms with Crippen LogP contribution in [0.15, 0.2) is 54.6 Å². The Morgan fingerprint density at radius 3 is 2.03 bits per heavy atom. The van der Waals surface area contributed by atoms with Crippen molar-refractivity contribution >= 4 is 0 Å². The molecule has 3 aromatic rings. The Morgan fingerprint density at radius 1 is 0.789 bits per heavy atom. The first-order chi connectivity index (χ1) is 18.4. The topological polar surface area (TPSA) is 40.5 Å². The van der Waals surface area contributed by atoms with Gasteiger partial charge in [-0.05, 0) is 103 Å². The van der Waals surface area contributed by atoms with Crippen LogP contribution < -0.4 is 0 Å². The van der Waals surface area contributed by atoms with E-state index in [1.54, 1.807) is 12.1 Å².